The minimum Gasteiger partial charge on any atom is -0.326 e. The summed E-state index contributed by atoms with van der Waals surface area (Å²) in [5, 5.41) is 0. The average molecular weight is 163 g/mol. The van der Waals surface area contributed by atoms with Crippen molar-refractivity contribution in [2.24, 2.45) is 0 Å². The molecule has 1 aromatic heterocycles. The van der Waals surface area contributed by atoms with Crippen molar-refractivity contribution in [3.05, 3.63) is 33.7 Å². The molecule has 0 amide bonds. The van der Waals surface area contributed by atoms with Crippen molar-refractivity contribution in [3.63, 3.8) is 0 Å². The lowest BCUT2D eigenvalue weighted by atomic mass is 10.1. The summed E-state index contributed by atoms with van der Waals surface area (Å²) < 4.78 is 0. The van der Waals surface area contributed by atoms with Crippen LogP contribution in [-0.2, 0) is 0 Å². The van der Waals surface area contributed by atoms with Crippen LogP contribution >= 0.6 is 0 Å². The third kappa shape index (κ3) is 0.986. The van der Waals surface area contributed by atoms with Crippen molar-refractivity contribution in [3.8, 4) is 0 Å². The molecule has 2 atom stereocenters. The molecule has 2 heteroatoms. The summed E-state index contributed by atoms with van der Waals surface area (Å²) in [7, 11) is 0. The summed E-state index contributed by atoms with van der Waals surface area (Å²) in [6, 6.07) is 3.58. The van der Waals surface area contributed by atoms with Crippen LogP contribution in [0.3, 0.4) is 0 Å². The molecule has 0 aromatic carbocycles. The Morgan fingerprint density at radius 1 is 1.33 bits per heavy atom. The summed E-state index contributed by atoms with van der Waals surface area (Å²) in [5.41, 5.74) is 2.49. The van der Waals surface area contributed by atoms with E-state index in [0.717, 1.165) is 12.1 Å². The number of hydrogen-bond donors (Lipinski definition) is 1. The highest BCUT2D eigenvalue weighted by atomic mass is 16.1. The number of pyridine rings is 1. The van der Waals surface area contributed by atoms with E-state index in [1.54, 1.807) is 6.07 Å². The summed E-state index contributed by atoms with van der Waals surface area (Å²) in [5.74, 6) is 1.12. The number of nitrogens with one attached hydrogen (secondary N) is 1. The van der Waals surface area contributed by atoms with E-state index >= 15 is 0 Å². The molecule has 0 fully saturated rings. The minimum atomic E-state index is 0.0229. The number of H-pyrrole nitrogens is 1. The molecule has 0 saturated carbocycles. The second-order valence-electron chi connectivity index (χ2n) is 3.73. The lowest BCUT2D eigenvalue weighted by Crippen LogP contribution is -2.07. The van der Waals surface area contributed by atoms with E-state index in [1.807, 2.05) is 6.07 Å². The zero-order valence-corrected chi connectivity index (χ0v) is 7.42. The quantitative estimate of drug-likeness (QED) is 0.623. The van der Waals surface area contributed by atoms with Gasteiger partial charge in [0.1, 0.15) is 0 Å². The van der Waals surface area contributed by atoms with Crippen LogP contribution in [0.2, 0.25) is 0 Å². The predicted octanol–water partition coefficient (Wildman–Crippen LogP) is 1.99. The molecule has 0 bridgehead atoms. The van der Waals surface area contributed by atoms with Gasteiger partial charge in [0, 0.05) is 11.8 Å². The Kier molecular flexibility index (Phi) is 1.56. The van der Waals surface area contributed by atoms with E-state index in [-0.39, 0.29) is 5.56 Å². The Balaban J connectivity index is 2.60. The zero-order valence-electron chi connectivity index (χ0n) is 7.42. The first-order valence-corrected chi connectivity index (χ1v) is 4.41. The monoisotopic (exact) mass is 163 g/mol. The molecule has 2 nitrogen and oxygen atoms in total. The summed E-state index contributed by atoms with van der Waals surface area (Å²) in [4.78, 5) is 13.9. The third-order valence-corrected chi connectivity index (χ3v) is 2.71. The van der Waals surface area contributed by atoms with Gasteiger partial charge in [-0.2, -0.15) is 0 Å². The largest absolute Gasteiger partial charge is 0.326 e. The maximum atomic E-state index is 11.0. The third-order valence-electron chi connectivity index (χ3n) is 2.71. The lowest BCUT2D eigenvalue weighted by Gasteiger charge is -2.02. The number of hydrogen-bond acceptors (Lipinski definition) is 1. The predicted molar refractivity (Wildman–Crippen MR) is 48.5 cm³/mol. The fourth-order valence-corrected chi connectivity index (χ4v) is 2.11. The van der Waals surface area contributed by atoms with Crippen LogP contribution in [0, 0.1) is 0 Å². The Bertz CT molecular complexity index is 353. The van der Waals surface area contributed by atoms with E-state index < -0.39 is 0 Å². The summed E-state index contributed by atoms with van der Waals surface area (Å²) in [6.07, 6.45) is 1.16. The second-order valence-corrected chi connectivity index (χ2v) is 3.73. The summed E-state index contributed by atoms with van der Waals surface area (Å²) >= 11 is 0. The molecule has 12 heavy (non-hydrogen) atoms. The summed E-state index contributed by atoms with van der Waals surface area (Å²) in [6.45, 7) is 4.37. The van der Waals surface area contributed by atoms with Crippen molar-refractivity contribution in [2.45, 2.75) is 32.1 Å². The van der Waals surface area contributed by atoms with Gasteiger partial charge in [-0.15, -0.1) is 0 Å². The fourth-order valence-electron chi connectivity index (χ4n) is 2.11. The maximum absolute atomic E-state index is 11.0. The molecule has 0 spiro atoms. The highest BCUT2D eigenvalue weighted by Crippen LogP contribution is 2.38. The van der Waals surface area contributed by atoms with Gasteiger partial charge in [-0.05, 0) is 23.8 Å². The van der Waals surface area contributed by atoms with E-state index in [2.05, 4.69) is 18.8 Å². The minimum absolute atomic E-state index is 0.0229. The van der Waals surface area contributed by atoms with Crippen molar-refractivity contribution in [2.75, 3.05) is 0 Å². The van der Waals surface area contributed by atoms with E-state index in [0.29, 0.717) is 11.8 Å². The van der Waals surface area contributed by atoms with Gasteiger partial charge in [0.05, 0.1) is 0 Å². The highest BCUT2D eigenvalue weighted by Gasteiger charge is 2.25. The van der Waals surface area contributed by atoms with Crippen LogP contribution in [0.1, 0.15) is 43.4 Å². The van der Waals surface area contributed by atoms with Gasteiger partial charge in [-0.1, -0.05) is 19.9 Å². The van der Waals surface area contributed by atoms with Crippen LogP contribution in [-0.4, -0.2) is 4.98 Å². The van der Waals surface area contributed by atoms with E-state index in [4.69, 9.17) is 0 Å². The van der Waals surface area contributed by atoms with Crippen LogP contribution < -0.4 is 5.56 Å². The lowest BCUT2D eigenvalue weighted by molar-refractivity contribution is 0.654. The molecule has 1 heterocycles. The fraction of sp³-hybridized carbons (Fsp3) is 0.500. The Morgan fingerprint density at radius 3 is 2.83 bits per heavy atom. The van der Waals surface area contributed by atoms with Crippen LogP contribution in [0.5, 0.6) is 0 Å². The van der Waals surface area contributed by atoms with Gasteiger partial charge < -0.3 is 4.98 Å². The number of fused-ring (bicyclic) bond motifs is 1. The van der Waals surface area contributed by atoms with E-state index in [1.165, 1.54) is 5.56 Å². The number of rotatable bonds is 0. The standard InChI is InChI=1S/C10H13NO/c1-6-5-7(2)10-8(6)3-4-9(12)11-10/h3-4,6-7H,5H2,1-2H3,(H,11,12)/t6-,7+/m0/s1. The number of aromatic nitrogens is 1. The van der Waals surface area contributed by atoms with Gasteiger partial charge in [-0.3, -0.25) is 4.79 Å². The number of aromatic amines is 1. The second kappa shape index (κ2) is 2.47. The smallest absolute Gasteiger partial charge is 0.248 e. The molecule has 1 aliphatic rings. The normalized spacial score (nSPS) is 27.2. The first-order chi connectivity index (χ1) is 5.68. The first-order valence-electron chi connectivity index (χ1n) is 4.41. The molecule has 0 unspecified atom stereocenters. The SMILES string of the molecule is C[C@@H]1C[C@H](C)c2ccc(=O)[nH]c21. The zero-order chi connectivity index (χ0) is 8.72. The van der Waals surface area contributed by atoms with Crippen molar-refractivity contribution < 1.29 is 0 Å². The van der Waals surface area contributed by atoms with Gasteiger partial charge in [-0.25, -0.2) is 0 Å². The molecule has 2 rings (SSSR count). The Morgan fingerprint density at radius 2 is 2.08 bits per heavy atom. The van der Waals surface area contributed by atoms with Gasteiger partial charge in [0.2, 0.25) is 5.56 Å². The molecule has 0 aliphatic heterocycles. The molecule has 64 valence electrons. The highest BCUT2D eigenvalue weighted by molar-refractivity contribution is 5.31. The topological polar surface area (TPSA) is 32.9 Å². The van der Waals surface area contributed by atoms with Crippen LogP contribution in [0.25, 0.3) is 0 Å². The van der Waals surface area contributed by atoms with Gasteiger partial charge in [0.15, 0.2) is 0 Å². The van der Waals surface area contributed by atoms with Gasteiger partial charge >= 0.3 is 0 Å². The van der Waals surface area contributed by atoms with Crippen LogP contribution in [0.15, 0.2) is 16.9 Å². The van der Waals surface area contributed by atoms with E-state index in [9.17, 15) is 4.79 Å². The van der Waals surface area contributed by atoms with Crippen molar-refractivity contribution in [1.82, 2.24) is 4.98 Å². The maximum Gasteiger partial charge on any atom is 0.248 e. The first kappa shape index (κ1) is 7.59. The molecule has 1 N–H and O–H groups in total. The Labute approximate surface area is 71.6 Å². The average Bonchev–Trinajstić information content (AvgIpc) is 2.28. The molecular weight excluding hydrogens is 150 g/mol. The van der Waals surface area contributed by atoms with Gasteiger partial charge in [0.25, 0.3) is 0 Å². The molecular formula is C10H13NO. The van der Waals surface area contributed by atoms with Crippen LogP contribution in [0.4, 0.5) is 0 Å². The molecule has 1 aromatic rings. The molecule has 0 radical (unpaired) electrons. The molecule has 0 saturated heterocycles. The molecule has 1 aliphatic carbocycles. The van der Waals surface area contributed by atoms with Crippen molar-refractivity contribution >= 4 is 0 Å². The van der Waals surface area contributed by atoms with Crippen molar-refractivity contribution in [1.29, 1.82) is 0 Å². The Hall–Kier alpha value is -1.05.